The van der Waals surface area contributed by atoms with Gasteiger partial charge in [0, 0.05) is 31.1 Å². The molecule has 7 heteroatoms. The number of hydrogen-bond acceptors (Lipinski definition) is 6. The number of hydrogen-bond donors (Lipinski definition) is 4. The Morgan fingerprint density at radius 2 is 1.85 bits per heavy atom. The van der Waals surface area contributed by atoms with Crippen molar-refractivity contribution in [2.45, 2.75) is 39.7 Å². The lowest BCUT2D eigenvalue weighted by Crippen LogP contribution is -2.41. The molecule has 0 aliphatic heterocycles. The van der Waals surface area contributed by atoms with Crippen LogP contribution in [0.5, 0.6) is 0 Å². The van der Waals surface area contributed by atoms with Gasteiger partial charge in [0.2, 0.25) is 11.9 Å². The van der Waals surface area contributed by atoms with Crippen LogP contribution < -0.4 is 21.7 Å². The van der Waals surface area contributed by atoms with Gasteiger partial charge in [0.05, 0.1) is 0 Å². The summed E-state index contributed by atoms with van der Waals surface area (Å²) in [5.41, 5.74) is 5.41. The second-order valence-electron chi connectivity index (χ2n) is 5.50. The Kier molecular flexibility index (Phi) is 5.54. The molecule has 0 aromatic carbocycles. The fourth-order valence-corrected chi connectivity index (χ4v) is 1.61. The Hall–Kier alpha value is -2.05. The Bertz CT molecular complexity index is 455. The van der Waals surface area contributed by atoms with Crippen molar-refractivity contribution in [3.8, 4) is 0 Å². The summed E-state index contributed by atoms with van der Waals surface area (Å²) in [4.78, 5) is 19.8. The lowest BCUT2D eigenvalue weighted by Gasteiger charge is -2.20. The van der Waals surface area contributed by atoms with Crippen LogP contribution >= 0.6 is 0 Å². The van der Waals surface area contributed by atoms with Gasteiger partial charge in [-0.2, -0.15) is 9.97 Å². The van der Waals surface area contributed by atoms with Crippen LogP contribution in [0.2, 0.25) is 0 Å². The number of nitrogens with zero attached hydrogens (tertiary/aromatic N) is 2. The minimum Gasteiger partial charge on any atom is -0.370 e. The van der Waals surface area contributed by atoms with E-state index < -0.39 is 0 Å². The van der Waals surface area contributed by atoms with E-state index in [1.54, 1.807) is 6.07 Å². The van der Waals surface area contributed by atoms with Gasteiger partial charge in [-0.15, -0.1) is 0 Å². The molecule has 1 amide bonds. The summed E-state index contributed by atoms with van der Waals surface area (Å²) < 4.78 is 0. The second-order valence-corrected chi connectivity index (χ2v) is 5.50. The molecule has 1 heterocycles. The van der Waals surface area contributed by atoms with Crippen LogP contribution in [0.15, 0.2) is 6.07 Å². The quantitative estimate of drug-likeness (QED) is 0.624. The van der Waals surface area contributed by atoms with Crippen LogP contribution in [0.4, 0.5) is 17.6 Å². The first-order valence-corrected chi connectivity index (χ1v) is 6.73. The van der Waals surface area contributed by atoms with Crippen molar-refractivity contribution < 1.29 is 4.79 Å². The first-order chi connectivity index (χ1) is 9.30. The molecular weight excluding hydrogens is 256 g/mol. The second kappa shape index (κ2) is 6.93. The van der Waals surface area contributed by atoms with Gasteiger partial charge in [0.1, 0.15) is 11.6 Å². The van der Waals surface area contributed by atoms with Crippen LogP contribution in [0.1, 0.15) is 34.1 Å². The fraction of sp³-hybridized carbons (Fsp3) is 0.615. The van der Waals surface area contributed by atoms with E-state index in [1.807, 2.05) is 27.7 Å². The molecule has 0 saturated heterocycles. The van der Waals surface area contributed by atoms with Crippen molar-refractivity contribution >= 4 is 23.5 Å². The van der Waals surface area contributed by atoms with Gasteiger partial charge in [0.15, 0.2) is 0 Å². The number of anilines is 3. The van der Waals surface area contributed by atoms with Gasteiger partial charge < -0.3 is 21.7 Å². The number of rotatable bonds is 6. The van der Waals surface area contributed by atoms with E-state index in [1.165, 1.54) is 0 Å². The molecule has 20 heavy (non-hydrogen) atoms. The maximum atomic E-state index is 11.7. The van der Waals surface area contributed by atoms with E-state index in [-0.39, 0.29) is 17.4 Å². The number of nitrogens with one attached hydrogen (secondary N) is 3. The maximum absolute atomic E-state index is 11.7. The lowest BCUT2D eigenvalue weighted by atomic mass is 10.1. The molecule has 0 atom stereocenters. The van der Waals surface area contributed by atoms with Crippen molar-refractivity contribution in [1.82, 2.24) is 15.3 Å². The highest BCUT2D eigenvalue weighted by Crippen LogP contribution is 2.12. The van der Waals surface area contributed by atoms with Crippen molar-refractivity contribution in [2.75, 3.05) is 29.5 Å². The first-order valence-electron chi connectivity index (χ1n) is 6.73. The number of nitrogens with two attached hydrogens (primary N) is 1. The molecule has 0 unspecified atom stereocenters. The zero-order chi connectivity index (χ0) is 15.2. The average Bonchev–Trinajstić information content (AvgIpc) is 2.26. The Morgan fingerprint density at radius 3 is 2.40 bits per heavy atom. The number of carbonyl (C=O) groups is 1. The monoisotopic (exact) mass is 280 g/mol. The first kappa shape index (κ1) is 16.0. The Morgan fingerprint density at radius 1 is 1.25 bits per heavy atom. The van der Waals surface area contributed by atoms with E-state index in [9.17, 15) is 4.79 Å². The zero-order valence-corrected chi connectivity index (χ0v) is 12.6. The molecule has 0 spiro atoms. The topological polar surface area (TPSA) is 105 Å². The molecule has 7 nitrogen and oxygen atoms in total. The molecule has 0 bridgehead atoms. The van der Waals surface area contributed by atoms with E-state index in [4.69, 9.17) is 5.73 Å². The molecule has 1 aromatic rings. The van der Waals surface area contributed by atoms with Crippen molar-refractivity contribution in [1.29, 1.82) is 0 Å². The summed E-state index contributed by atoms with van der Waals surface area (Å²) in [5.74, 6) is 1.47. The molecule has 112 valence electrons. The highest BCUT2D eigenvalue weighted by molar-refractivity contribution is 5.77. The standard InChI is InChI=1S/C13H24N6O/c1-5-15-9-8-10(18-12(14)17-9)16-7-6-11(20)19-13(2,3)4/h8H,5-7H2,1-4H3,(H,19,20)(H4,14,15,16,17,18). The summed E-state index contributed by atoms with van der Waals surface area (Å²) in [6, 6.07) is 1.77. The predicted molar refractivity (Wildman–Crippen MR) is 81.6 cm³/mol. The van der Waals surface area contributed by atoms with Gasteiger partial charge in [-0.3, -0.25) is 4.79 Å². The molecular formula is C13H24N6O. The largest absolute Gasteiger partial charge is 0.370 e. The third kappa shape index (κ3) is 6.21. The molecule has 0 radical (unpaired) electrons. The van der Waals surface area contributed by atoms with Crippen LogP contribution in [-0.4, -0.2) is 34.5 Å². The highest BCUT2D eigenvalue weighted by Gasteiger charge is 2.13. The van der Waals surface area contributed by atoms with Gasteiger partial charge in [-0.05, 0) is 27.7 Å². The molecule has 0 aliphatic carbocycles. The molecule has 0 aliphatic rings. The summed E-state index contributed by atoms with van der Waals surface area (Å²) in [5, 5.41) is 9.04. The summed E-state index contributed by atoms with van der Waals surface area (Å²) in [7, 11) is 0. The van der Waals surface area contributed by atoms with E-state index in [0.717, 1.165) is 6.54 Å². The zero-order valence-electron chi connectivity index (χ0n) is 12.6. The van der Waals surface area contributed by atoms with Gasteiger partial charge in [-0.25, -0.2) is 0 Å². The highest BCUT2D eigenvalue weighted by atomic mass is 16.1. The van der Waals surface area contributed by atoms with Gasteiger partial charge >= 0.3 is 0 Å². The average molecular weight is 280 g/mol. The van der Waals surface area contributed by atoms with Crippen molar-refractivity contribution in [3.63, 3.8) is 0 Å². The van der Waals surface area contributed by atoms with Crippen LogP contribution in [0.3, 0.4) is 0 Å². The molecule has 0 saturated carbocycles. The molecule has 1 rings (SSSR count). The van der Waals surface area contributed by atoms with Crippen molar-refractivity contribution in [2.24, 2.45) is 0 Å². The minimum absolute atomic E-state index is 0.000986. The number of nitrogen functional groups attached to an aromatic ring is 1. The SMILES string of the molecule is CCNc1cc(NCCC(=O)NC(C)(C)C)nc(N)n1. The third-order valence-electron chi connectivity index (χ3n) is 2.27. The maximum Gasteiger partial charge on any atom is 0.223 e. The summed E-state index contributed by atoms with van der Waals surface area (Å²) >= 11 is 0. The molecule has 1 aromatic heterocycles. The number of amides is 1. The summed E-state index contributed by atoms with van der Waals surface area (Å²) in [6.45, 7) is 9.07. The van der Waals surface area contributed by atoms with Crippen molar-refractivity contribution in [3.05, 3.63) is 6.07 Å². The predicted octanol–water partition coefficient (Wildman–Crippen LogP) is 1.21. The molecule has 5 N–H and O–H groups in total. The van der Waals surface area contributed by atoms with E-state index in [0.29, 0.717) is 24.6 Å². The normalized spacial score (nSPS) is 11.0. The molecule has 0 fully saturated rings. The third-order valence-corrected chi connectivity index (χ3v) is 2.27. The minimum atomic E-state index is -0.214. The fourth-order valence-electron chi connectivity index (χ4n) is 1.61. The Labute approximate surface area is 119 Å². The summed E-state index contributed by atoms with van der Waals surface area (Å²) in [6.07, 6.45) is 0.373. The van der Waals surface area contributed by atoms with Gasteiger partial charge in [0.25, 0.3) is 0 Å². The van der Waals surface area contributed by atoms with E-state index >= 15 is 0 Å². The number of aromatic nitrogens is 2. The van der Waals surface area contributed by atoms with Gasteiger partial charge in [-0.1, -0.05) is 0 Å². The van der Waals surface area contributed by atoms with Crippen LogP contribution in [0.25, 0.3) is 0 Å². The smallest absolute Gasteiger partial charge is 0.223 e. The number of carbonyl (C=O) groups excluding carboxylic acids is 1. The Balaban J connectivity index is 2.47. The lowest BCUT2D eigenvalue weighted by molar-refractivity contribution is -0.122. The van der Waals surface area contributed by atoms with Crippen LogP contribution in [0, 0.1) is 0 Å². The van der Waals surface area contributed by atoms with E-state index in [2.05, 4.69) is 25.9 Å². The van der Waals surface area contributed by atoms with Crippen LogP contribution in [-0.2, 0) is 4.79 Å².